The first-order valence-electron chi connectivity index (χ1n) is 5.00. The van der Waals surface area contributed by atoms with Gasteiger partial charge in [-0.1, -0.05) is 0 Å². The van der Waals surface area contributed by atoms with Crippen LogP contribution in [0.1, 0.15) is 5.56 Å². The van der Waals surface area contributed by atoms with Crippen LogP contribution >= 0.6 is 0 Å². The molecule has 86 valence electrons. The lowest BCUT2D eigenvalue weighted by molar-refractivity contribution is 0.354. The molecule has 0 fully saturated rings. The number of imidazole rings is 1. The Morgan fingerprint density at radius 1 is 1.31 bits per heavy atom. The molecule has 2 aromatic rings. The third-order valence-corrected chi connectivity index (χ3v) is 2.59. The third-order valence-electron chi connectivity index (χ3n) is 2.59. The van der Waals surface area contributed by atoms with Crippen molar-refractivity contribution in [1.29, 1.82) is 0 Å². The van der Waals surface area contributed by atoms with Gasteiger partial charge in [0.2, 0.25) is 5.95 Å². The summed E-state index contributed by atoms with van der Waals surface area (Å²) in [6.07, 6.45) is 0. The number of methoxy groups -OCH3 is 2. The van der Waals surface area contributed by atoms with Crippen LogP contribution in [0.5, 0.6) is 11.5 Å². The summed E-state index contributed by atoms with van der Waals surface area (Å²) in [6, 6.07) is 1.88. The van der Waals surface area contributed by atoms with Crippen LogP contribution in [0.2, 0.25) is 0 Å². The summed E-state index contributed by atoms with van der Waals surface area (Å²) >= 11 is 0. The monoisotopic (exact) mass is 221 g/mol. The van der Waals surface area contributed by atoms with Gasteiger partial charge in [0.05, 0.1) is 25.3 Å². The second-order valence-electron chi connectivity index (χ2n) is 3.47. The molecular weight excluding hydrogens is 206 g/mol. The van der Waals surface area contributed by atoms with Gasteiger partial charge in [0, 0.05) is 18.7 Å². The lowest BCUT2D eigenvalue weighted by Gasteiger charge is -2.10. The second kappa shape index (κ2) is 3.92. The van der Waals surface area contributed by atoms with E-state index in [1.54, 1.807) is 14.2 Å². The van der Waals surface area contributed by atoms with Crippen molar-refractivity contribution in [1.82, 2.24) is 9.97 Å². The molecule has 0 spiro atoms. The van der Waals surface area contributed by atoms with Gasteiger partial charge < -0.3 is 19.8 Å². The van der Waals surface area contributed by atoms with Gasteiger partial charge in [-0.25, -0.2) is 4.98 Å². The number of nitrogens with one attached hydrogen (secondary N) is 2. The number of H-pyrrole nitrogens is 1. The maximum Gasteiger partial charge on any atom is 0.200 e. The molecule has 2 rings (SSSR count). The van der Waals surface area contributed by atoms with Crippen molar-refractivity contribution < 1.29 is 9.47 Å². The molecule has 1 aromatic carbocycles. The van der Waals surface area contributed by atoms with E-state index < -0.39 is 0 Å². The lowest BCUT2D eigenvalue weighted by Crippen LogP contribution is -1.94. The minimum Gasteiger partial charge on any atom is -0.493 e. The summed E-state index contributed by atoms with van der Waals surface area (Å²) in [6.45, 7) is 1.96. The first kappa shape index (κ1) is 10.6. The van der Waals surface area contributed by atoms with E-state index in [4.69, 9.17) is 9.47 Å². The molecule has 0 unspecified atom stereocenters. The summed E-state index contributed by atoms with van der Waals surface area (Å²) in [5.74, 6) is 2.16. The number of hydrogen-bond acceptors (Lipinski definition) is 4. The Hall–Kier alpha value is -1.91. The first-order chi connectivity index (χ1) is 7.71. The molecule has 0 bridgehead atoms. The zero-order valence-corrected chi connectivity index (χ0v) is 9.84. The largest absolute Gasteiger partial charge is 0.493 e. The quantitative estimate of drug-likeness (QED) is 0.831. The number of nitrogens with zero attached hydrogens (tertiary/aromatic N) is 1. The summed E-state index contributed by atoms with van der Waals surface area (Å²) in [5, 5.41) is 2.97. The first-order valence-corrected chi connectivity index (χ1v) is 5.00. The van der Waals surface area contributed by atoms with E-state index in [9.17, 15) is 0 Å². The zero-order valence-electron chi connectivity index (χ0n) is 9.84. The van der Waals surface area contributed by atoms with Crippen molar-refractivity contribution >= 4 is 17.0 Å². The normalized spacial score (nSPS) is 10.5. The number of rotatable bonds is 3. The molecule has 1 aromatic heterocycles. The Balaban J connectivity index is 2.74. The fourth-order valence-corrected chi connectivity index (χ4v) is 1.79. The van der Waals surface area contributed by atoms with Crippen molar-refractivity contribution in [2.24, 2.45) is 0 Å². The molecule has 0 saturated carbocycles. The molecule has 0 aliphatic heterocycles. The number of fused-ring (bicyclic) bond motifs is 1. The molecule has 5 nitrogen and oxygen atoms in total. The highest BCUT2D eigenvalue weighted by molar-refractivity contribution is 5.85. The Labute approximate surface area is 93.8 Å². The molecular formula is C11H15N3O2. The molecule has 0 radical (unpaired) electrons. The predicted molar refractivity (Wildman–Crippen MR) is 63.5 cm³/mol. The number of aromatic amines is 1. The van der Waals surface area contributed by atoms with Gasteiger partial charge in [0.15, 0.2) is 11.5 Å². The van der Waals surface area contributed by atoms with E-state index in [-0.39, 0.29) is 0 Å². The fraction of sp³-hybridized carbons (Fsp3) is 0.364. The molecule has 0 atom stereocenters. The number of hydrogen-bond donors (Lipinski definition) is 2. The predicted octanol–water partition coefficient (Wildman–Crippen LogP) is 1.93. The number of benzene rings is 1. The van der Waals surface area contributed by atoms with Crippen LogP contribution < -0.4 is 14.8 Å². The van der Waals surface area contributed by atoms with Crippen molar-refractivity contribution in [2.45, 2.75) is 6.92 Å². The molecule has 5 heteroatoms. The van der Waals surface area contributed by atoms with E-state index in [1.807, 2.05) is 20.0 Å². The van der Waals surface area contributed by atoms with Crippen LogP contribution in [-0.4, -0.2) is 31.2 Å². The zero-order chi connectivity index (χ0) is 11.7. The van der Waals surface area contributed by atoms with Crippen LogP contribution in [-0.2, 0) is 0 Å². The standard InChI is InChI=1S/C11H15N3O2/c1-6-9-7(13-11(12-2)14-9)5-8(15-3)10(6)16-4/h5H,1-4H3,(H2,12,13,14). The average molecular weight is 221 g/mol. The topological polar surface area (TPSA) is 59.2 Å². The second-order valence-corrected chi connectivity index (χ2v) is 3.47. The van der Waals surface area contributed by atoms with Gasteiger partial charge in [-0.3, -0.25) is 0 Å². The Morgan fingerprint density at radius 2 is 2.06 bits per heavy atom. The summed E-state index contributed by atoms with van der Waals surface area (Å²) in [7, 11) is 5.07. The van der Waals surface area contributed by atoms with E-state index in [1.165, 1.54) is 0 Å². The molecule has 0 aliphatic carbocycles. The highest BCUT2D eigenvalue weighted by Crippen LogP contribution is 2.36. The minimum absolute atomic E-state index is 0.707. The van der Waals surface area contributed by atoms with Crippen LogP contribution in [0.25, 0.3) is 11.0 Å². The van der Waals surface area contributed by atoms with E-state index in [2.05, 4.69) is 15.3 Å². The molecule has 0 amide bonds. The molecule has 0 aliphatic rings. The van der Waals surface area contributed by atoms with Crippen molar-refractivity contribution in [3.05, 3.63) is 11.6 Å². The van der Waals surface area contributed by atoms with Crippen LogP contribution in [0.4, 0.5) is 5.95 Å². The summed E-state index contributed by atoms with van der Waals surface area (Å²) < 4.78 is 10.6. The fourth-order valence-electron chi connectivity index (χ4n) is 1.79. The Bertz CT molecular complexity index is 519. The van der Waals surface area contributed by atoms with E-state index >= 15 is 0 Å². The van der Waals surface area contributed by atoms with E-state index in [0.29, 0.717) is 5.75 Å². The Morgan fingerprint density at radius 3 is 2.62 bits per heavy atom. The third kappa shape index (κ3) is 1.44. The number of ether oxygens (including phenoxy) is 2. The van der Waals surface area contributed by atoms with Gasteiger partial charge in [-0.2, -0.15) is 0 Å². The molecule has 1 heterocycles. The van der Waals surface area contributed by atoms with Gasteiger partial charge in [-0.15, -0.1) is 0 Å². The minimum atomic E-state index is 0.707. The highest BCUT2D eigenvalue weighted by Gasteiger charge is 2.14. The van der Waals surface area contributed by atoms with Gasteiger partial charge >= 0.3 is 0 Å². The summed E-state index contributed by atoms with van der Waals surface area (Å²) in [4.78, 5) is 7.57. The number of aryl methyl sites for hydroxylation is 1. The van der Waals surface area contributed by atoms with Crippen molar-refractivity contribution in [3.8, 4) is 11.5 Å². The average Bonchev–Trinajstić information content (AvgIpc) is 2.72. The van der Waals surface area contributed by atoms with E-state index in [0.717, 1.165) is 28.3 Å². The maximum atomic E-state index is 5.32. The SMILES string of the molecule is CNc1nc2c(C)c(OC)c(OC)cc2[nH]1. The molecule has 0 saturated heterocycles. The number of anilines is 1. The Kier molecular flexibility index (Phi) is 2.60. The molecule has 2 N–H and O–H groups in total. The van der Waals surface area contributed by atoms with Crippen LogP contribution in [0.15, 0.2) is 6.07 Å². The van der Waals surface area contributed by atoms with Crippen LogP contribution in [0.3, 0.4) is 0 Å². The highest BCUT2D eigenvalue weighted by atomic mass is 16.5. The van der Waals surface area contributed by atoms with Crippen LogP contribution in [0, 0.1) is 6.92 Å². The smallest absolute Gasteiger partial charge is 0.200 e. The lowest BCUT2D eigenvalue weighted by atomic mass is 10.1. The van der Waals surface area contributed by atoms with Gasteiger partial charge in [0.25, 0.3) is 0 Å². The number of aromatic nitrogens is 2. The van der Waals surface area contributed by atoms with Gasteiger partial charge in [-0.05, 0) is 6.92 Å². The maximum absolute atomic E-state index is 5.32. The van der Waals surface area contributed by atoms with Crippen molar-refractivity contribution in [3.63, 3.8) is 0 Å². The van der Waals surface area contributed by atoms with Crippen molar-refractivity contribution in [2.75, 3.05) is 26.6 Å². The van der Waals surface area contributed by atoms with Gasteiger partial charge in [0.1, 0.15) is 0 Å². The molecule has 16 heavy (non-hydrogen) atoms. The summed E-state index contributed by atoms with van der Waals surface area (Å²) in [5.41, 5.74) is 2.79.